The number of benzene rings is 1. The van der Waals surface area contributed by atoms with Gasteiger partial charge in [-0.15, -0.1) is 0 Å². The fourth-order valence-corrected chi connectivity index (χ4v) is 2.99. The van der Waals surface area contributed by atoms with E-state index in [0.717, 1.165) is 12.8 Å². The Bertz CT molecular complexity index is 558. The molecule has 1 aliphatic rings. The summed E-state index contributed by atoms with van der Waals surface area (Å²) in [5.74, 6) is 1.37. The Morgan fingerprint density at radius 3 is 2.57 bits per heavy atom. The number of nitro benzene ring substituents is 1. The van der Waals surface area contributed by atoms with Crippen molar-refractivity contribution in [1.29, 1.82) is 0 Å². The first-order valence-corrected chi connectivity index (χ1v) is 8.10. The molecule has 1 aliphatic carbocycles. The summed E-state index contributed by atoms with van der Waals surface area (Å²) >= 11 is 0. The van der Waals surface area contributed by atoms with Crippen LogP contribution in [0.25, 0.3) is 0 Å². The van der Waals surface area contributed by atoms with Gasteiger partial charge in [-0.2, -0.15) is 0 Å². The standard InChI is InChI=1S/C17H24N2O4/c1-11-5-4-6-16(12(11)2)18-17(20)13(3)23-15-9-7-14(8-10-15)19(21)22/h7-13,16H,4-6H2,1-3H3,(H,18,20)/t11-,12-,13+,16-/m1/s1. The molecule has 0 spiro atoms. The molecule has 2 rings (SSSR count). The van der Waals surface area contributed by atoms with Gasteiger partial charge < -0.3 is 10.1 Å². The fraction of sp³-hybridized carbons (Fsp3) is 0.588. The maximum atomic E-state index is 12.3. The van der Waals surface area contributed by atoms with Crippen LogP contribution in [0, 0.1) is 22.0 Å². The fourth-order valence-electron chi connectivity index (χ4n) is 2.99. The van der Waals surface area contributed by atoms with Gasteiger partial charge in [0.1, 0.15) is 5.75 Å². The number of rotatable bonds is 5. The van der Waals surface area contributed by atoms with Gasteiger partial charge in [-0.1, -0.05) is 26.7 Å². The molecule has 1 aromatic rings. The molecule has 1 aromatic carbocycles. The van der Waals surface area contributed by atoms with Gasteiger partial charge in [0, 0.05) is 18.2 Å². The normalized spacial score (nSPS) is 25.4. The van der Waals surface area contributed by atoms with Crippen LogP contribution in [0.4, 0.5) is 5.69 Å². The molecule has 0 bridgehead atoms. The predicted octanol–water partition coefficient (Wildman–Crippen LogP) is 3.30. The summed E-state index contributed by atoms with van der Waals surface area (Å²) in [5.41, 5.74) is -0.000488. The van der Waals surface area contributed by atoms with Crippen LogP contribution in [0.2, 0.25) is 0 Å². The summed E-state index contributed by atoms with van der Waals surface area (Å²) < 4.78 is 5.58. The number of nitro groups is 1. The second-order valence-corrected chi connectivity index (χ2v) is 6.39. The average Bonchev–Trinajstić information content (AvgIpc) is 2.52. The van der Waals surface area contributed by atoms with Crippen molar-refractivity contribution in [3.8, 4) is 5.75 Å². The smallest absolute Gasteiger partial charge is 0.269 e. The van der Waals surface area contributed by atoms with Gasteiger partial charge in [-0.25, -0.2) is 0 Å². The quantitative estimate of drug-likeness (QED) is 0.666. The van der Waals surface area contributed by atoms with Gasteiger partial charge in [0.25, 0.3) is 11.6 Å². The lowest BCUT2D eigenvalue weighted by molar-refractivity contribution is -0.384. The van der Waals surface area contributed by atoms with Gasteiger partial charge in [0.15, 0.2) is 6.10 Å². The molecule has 0 unspecified atom stereocenters. The highest BCUT2D eigenvalue weighted by Crippen LogP contribution is 2.29. The van der Waals surface area contributed by atoms with Crippen molar-refractivity contribution in [2.45, 2.75) is 52.2 Å². The van der Waals surface area contributed by atoms with Crippen LogP contribution in [0.15, 0.2) is 24.3 Å². The molecule has 6 nitrogen and oxygen atoms in total. The van der Waals surface area contributed by atoms with E-state index < -0.39 is 11.0 Å². The molecule has 1 N–H and O–H groups in total. The molecule has 0 aliphatic heterocycles. The van der Waals surface area contributed by atoms with E-state index >= 15 is 0 Å². The minimum atomic E-state index is -0.638. The van der Waals surface area contributed by atoms with Crippen molar-refractivity contribution in [2.24, 2.45) is 11.8 Å². The third kappa shape index (κ3) is 4.43. The first-order valence-electron chi connectivity index (χ1n) is 8.10. The summed E-state index contributed by atoms with van der Waals surface area (Å²) in [7, 11) is 0. The Morgan fingerprint density at radius 1 is 1.30 bits per heavy atom. The number of amides is 1. The number of ether oxygens (including phenoxy) is 1. The maximum absolute atomic E-state index is 12.3. The first-order chi connectivity index (χ1) is 10.9. The van der Waals surface area contributed by atoms with E-state index in [4.69, 9.17) is 4.74 Å². The van der Waals surface area contributed by atoms with Gasteiger partial charge in [0.2, 0.25) is 0 Å². The van der Waals surface area contributed by atoms with E-state index in [-0.39, 0.29) is 17.6 Å². The van der Waals surface area contributed by atoms with Crippen molar-refractivity contribution in [3.05, 3.63) is 34.4 Å². The third-order valence-electron chi connectivity index (χ3n) is 4.76. The molecular formula is C17H24N2O4. The Labute approximate surface area is 136 Å². The third-order valence-corrected chi connectivity index (χ3v) is 4.76. The van der Waals surface area contributed by atoms with E-state index in [1.54, 1.807) is 6.92 Å². The van der Waals surface area contributed by atoms with Crippen LogP contribution in [-0.4, -0.2) is 23.0 Å². The Kier molecular flexibility index (Phi) is 5.58. The second-order valence-electron chi connectivity index (χ2n) is 6.39. The molecule has 0 radical (unpaired) electrons. The second kappa shape index (κ2) is 7.44. The highest BCUT2D eigenvalue weighted by atomic mass is 16.6. The molecule has 1 saturated carbocycles. The lowest BCUT2D eigenvalue weighted by Crippen LogP contribution is -2.48. The highest BCUT2D eigenvalue weighted by molar-refractivity contribution is 5.81. The summed E-state index contributed by atoms with van der Waals surface area (Å²) in [5, 5.41) is 13.7. The van der Waals surface area contributed by atoms with Crippen LogP contribution in [0.5, 0.6) is 5.75 Å². The monoisotopic (exact) mass is 320 g/mol. The predicted molar refractivity (Wildman–Crippen MR) is 87.3 cm³/mol. The van der Waals surface area contributed by atoms with Crippen molar-refractivity contribution >= 4 is 11.6 Å². The highest BCUT2D eigenvalue weighted by Gasteiger charge is 2.29. The number of hydrogen-bond acceptors (Lipinski definition) is 4. The first kappa shape index (κ1) is 17.2. The largest absolute Gasteiger partial charge is 0.481 e. The molecule has 23 heavy (non-hydrogen) atoms. The van der Waals surface area contributed by atoms with E-state index in [1.807, 2.05) is 0 Å². The number of carbonyl (C=O) groups is 1. The van der Waals surface area contributed by atoms with Gasteiger partial charge in [0.05, 0.1) is 4.92 Å². The van der Waals surface area contributed by atoms with Crippen LogP contribution in [0.3, 0.4) is 0 Å². The van der Waals surface area contributed by atoms with Gasteiger partial charge >= 0.3 is 0 Å². The number of non-ortho nitro benzene ring substituents is 1. The van der Waals surface area contributed by atoms with Crippen molar-refractivity contribution in [3.63, 3.8) is 0 Å². The summed E-state index contributed by atoms with van der Waals surface area (Å²) in [6.45, 7) is 6.09. The SMILES string of the molecule is C[C@@H]1[C@H](C)CCC[C@H]1NC(=O)[C@H](C)Oc1ccc([N+](=O)[O-])cc1. The molecule has 1 fully saturated rings. The maximum Gasteiger partial charge on any atom is 0.269 e. The van der Waals surface area contributed by atoms with Crippen molar-refractivity contribution in [2.75, 3.05) is 0 Å². The van der Waals surface area contributed by atoms with E-state index in [0.29, 0.717) is 17.6 Å². The van der Waals surface area contributed by atoms with Crippen molar-refractivity contribution in [1.82, 2.24) is 5.32 Å². The summed E-state index contributed by atoms with van der Waals surface area (Å²) in [4.78, 5) is 22.5. The van der Waals surface area contributed by atoms with Gasteiger partial charge in [-0.3, -0.25) is 14.9 Å². The lowest BCUT2D eigenvalue weighted by atomic mass is 9.78. The Morgan fingerprint density at radius 2 is 1.96 bits per heavy atom. The summed E-state index contributed by atoms with van der Waals surface area (Å²) in [6, 6.07) is 5.94. The number of carbonyl (C=O) groups excluding carboxylic acids is 1. The molecule has 126 valence electrons. The minimum absolute atomic E-state index is 0.000488. The lowest BCUT2D eigenvalue weighted by Gasteiger charge is -2.35. The molecule has 6 heteroatoms. The van der Waals surface area contributed by atoms with Crippen LogP contribution < -0.4 is 10.1 Å². The van der Waals surface area contributed by atoms with E-state index in [1.165, 1.54) is 30.7 Å². The number of nitrogens with zero attached hydrogens (tertiary/aromatic N) is 1. The number of nitrogens with one attached hydrogen (secondary N) is 1. The topological polar surface area (TPSA) is 81.5 Å². The minimum Gasteiger partial charge on any atom is -0.481 e. The zero-order chi connectivity index (χ0) is 17.0. The molecule has 0 aromatic heterocycles. The molecule has 0 heterocycles. The molecule has 0 saturated heterocycles. The van der Waals surface area contributed by atoms with Crippen LogP contribution >= 0.6 is 0 Å². The Balaban J connectivity index is 1.90. The van der Waals surface area contributed by atoms with E-state index in [9.17, 15) is 14.9 Å². The van der Waals surface area contributed by atoms with Crippen molar-refractivity contribution < 1.29 is 14.5 Å². The molecule has 4 atom stereocenters. The molecule has 1 amide bonds. The molecular weight excluding hydrogens is 296 g/mol. The zero-order valence-corrected chi connectivity index (χ0v) is 13.8. The van der Waals surface area contributed by atoms with Gasteiger partial charge in [-0.05, 0) is 37.3 Å². The van der Waals surface area contributed by atoms with Crippen LogP contribution in [0.1, 0.15) is 40.0 Å². The summed E-state index contributed by atoms with van der Waals surface area (Å²) in [6.07, 6.45) is 2.71. The zero-order valence-electron chi connectivity index (χ0n) is 13.8. The van der Waals surface area contributed by atoms with E-state index in [2.05, 4.69) is 19.2 Å². The van der Waals surface area contributed by atoms with Crippen LogP contribution in [-0.2, 0) is 4.79 Å². The number of hydrogen-bond donors (Lipinski definition) is 1. The average molecular weight is 320 g/mol. The Hall–Kier alpha value is -2.11.